The monoisotopic (exact) mass is 274 g/mol. The van der Waals surface area contributed by atoms with Gasteiger partial charge in [0.25, 0.3) is 5.91 Å². The number of ether oxygens (including phenoxy) is 1. The molecular weight excluding hydrogens is 260 g/mol. The molecule has 0 fully saturated rings. The molecule has 7 heteroatoms. The lowest BCUT2D eigenvalue weighted by atomic mass is 10.1. The third-order valence-electron chi connectivity index (χ3n) is 2.82. The number of carbonyl (C=O) groups is 2. The summed E-state index contributed by atoms with van der Waals surface area (Å²) < 4.78 is 5.03. The Kier molecular flexibility index (Phi) is 4.09. The SMILES string of the molecule is COc1ccc(C=NNC(=O)C2=NNC(=O)C2C)cc1. The van der Waals surface area contributed by atoms with Crippen LogP contribution in [0.1, 0.15) is 12.5 Å². The van der Waals surface area contributed by atoms with E-state index in [9.17, 15) is 9.59 Å². The van der Waals surface area contributed by atoms with Crippen molar-refractivity contribution in [3.05, 3.63) is 29.8 Å². The minimum atomic E-state index is -0.564. The maximum absolute atomic E-state index is 11.7. The first-order valence-corrected chi connectivity index (χ1v) is 5.96. The number of amides is 2. The number of benzene rings is 1. The predicted octanol–water partition coefficient (Wildman–Crippen LogP) is 0.267. The molecule has 0 saturated heterocycles. The van der Waals surface area contributed by atoms with E-state index >= 15 is 0 Å². The number of nitrogens with zero attached hydrogens (tertiary/aromatic N) is 2. The Labute approximate surface area is 115 Å². The number of methoxy groups -OCH3 is 1. The van der Waals surface area contributed by atoms with Gasteiger partial charge in [-0.2, -0.15) is 10.2 Å². The lowest BCUT2D eigenvalue weighted by Gasteiger charge is -2.02. The topological polar surface area (TPSA) is 92.2 Å². The van der Waals surface area contributed by atoms with Crippen LogP contribution in [0.2, 0.25) is 0 Å². The summed E-state index contributed by atoms with van der Waals surface area (Å²) in [4.78, 5) is 22.9. The summed E-state index contributed by atoms with van der Waals surface area (Å²) in [6.07, 6.45) is 1.49. The second-order valence-corrected chi connectivity index (χ2v) is 4.17. The first-order valence-electron chi connectivity index (χ1n) is 5.96. The molecule has 20 heavy (non-hydrogen) atoms. The van der Waals surface area contributed by atoms with Crippen LogP contribution in [-0.2, 0) is 9.59 Å². The fourth-order valence-electron chi connectivity index (χ4n) is 1.59. The van der Waals surface area contributed by atoms with E-state index in [0.29, 0.717) is 0 Å². The van der Waals surface area contributed by atoms with Crippen LogP contribution in [0.4, 0.5) is 0 Å². The van der Waals surface area contributed by atoms with Gasteiger partial charge in [-0.15, -0.1) is 0 Å². The lowest BCUT2D eigenvalue weighted by molar-refractivity contribution is -0.122. The van der Waals surface area contributed by atoms with Crippen LogP contribution < -0.4 is 15.6 Å². The van der Waals surface area contributed by atoms with Crippen LogP contribution in [0.3, 0.4) is 0 Å². The highest BCUT2D eigenvalue weighted by Crippen LogP contribution is 2.09. The summed E-state index contributed by atoms with van der Waals surface area (Å²) in [6.45, 7) is 1.61. The van der Waals surface area contributed by atoms with Crippen molar-refractivity contribution in [2.24, 2.45) is 16.1 Å². The maximum Gasteiger partial charge on any atom is 0.288 e. The molecule has 2 N–H and O–H groups in total. The quantitative estimate of drug-likeness (QED) is 0.609. The van der Waals surface area contributed by atoms with Crippen molar-refractivity contribution in [3.63, 3.8) is 0 Å². The molecule has 1 unspecified atom stereocenters. The highest BCUT2D eigenvalue weighted by Gasteiger charge is 2.30. The summed E-state index contributed by atoms with van der Waals surface area (Å²) in [5, 5.41) is 7.48. The molecule has 1 atom stereocenters. The zero-order valence-electron chi connectivity index (χ0n) is 11.1. The molecule has 1 aliphatic heterocycles. The van der Waals surface area contributed by atoms with Crippen LogP contribution in [0.25, 0.3) is 0 Å². The Bertz CT molecular complexity index is 578. The Morgan fingerprint density at radius 2 is 2.15 bits per heavy atom. The van der Waals surface area contributed by atoms with E-state index in [4.69, 9.17) is 4.74 Å². The number of hydrogen-bond donors (Lipinski definition) is 2. The van der Waals surface area contributed by atoms with Crippen molar-refractivity contribution in [2.45, 2.75) is 6.92 Å². The molecule has 0 spiro atoms. The molecule has 2 rings (SSSR count). The fourth-order valence-corrected chi connectivity index (χ4v) is 1.59. The van der Waals surface area contributed by atoms with E-state index in [1.807, 2.05) is 0 Å². The minimum Gasteiger partial charge on any atom is -0.497 e. The summed E-state index contributed by atoms with van der Waals surface area (Å²) >= 11 is 0. The Morgan fingerprint density at radius 3 is 2.70 bits per heavy atom. The lowest BCUT2D eigenvalue weighted by Crippen LogP contribution is -2.32. The van der Waals surface area contributed by atoms with Crippen molar-refractivity contribution in [1.29, 1.82) is 0 Å². The minimum absolute atomic E-state index is 0.127. The number of rotatable bonds is 4. The molecule has 2 amide bonds. The van der Waals surface area contributed by atoms with Gasteiger partial charge >= 0.3 is 0 Å². The van der Waals surface area contributed by atoms with Gasteiger partial charge in [0.2, 0.25) is 5.91 Å². The molecule has 0 aromatic heterocycles. The average Bonchev–Trinajstić information content (AvgIpc) is 2.80. The molecule has 1 aromatic carbocycles. The molecule has 104 valence electrons. The van der Waals surface area contributed by atoms with Gasteiger partial charge in [-0.1, -0.05) is 0 Å². The Hall–Kier alpha value is -2.70. The zero-order valence-corrected chi connectivity index (χ0v) is 11.1. The smallest absolute Gasteiger partial charge is 0.288 e. The van der Waals surface area contributed by atoms with E-state index in [2.05, 4.69) is 21.1 Å². The molecular formula is C13H14N4O3. The molecule has 1 aliphatic rings. The van der Waals surface area contributed by atoms with Crippen molar-refractivity contribution >= 4 is 23.7 Å². The molecule has 0 bridgehead atoms. The van der Waals surface area contributed by atoms with Crippen LogP contribution in [0, 0.1) is 5.92 Å². The van der Waals surface area contributed by atoms with Gasteiger partial charge in [0.1, 0.15) is 11.5 Å². The highest BCUT2D eigenvalue weighted by molar-refractivity contribution is 6.44. The molecule has 0 radical (unpaired) electrons. The fraction of sp³-hybridized carbons (Fsp3) is 0.231. The third-order valence-corrected chi connectivity index (χ3v) is 2.82. The number of hydrazone groups is 2. The van der Waals surface area contributed by atoms with Crippen molar-refractivity contribution in [2.75, 3.05) is 7.11 Å². The van der Waals surface area contributed by atoms with Crippen LogP contribution in [-0.4, -0.2) is 30.9 Å². The summed E-state index contributed by atoms with van der Waals surface area (Å²) in [6, 6.07) is 7.17. The number of hydrogen-bond acceptors (Lipinski definition) is 5. The molecule has 0 saturated carbocycles. The van der Waals surface area contributed by atoms with Crippen molar-refractivity contribution in [3.8, 4) is 5.75 Å². The van der Waals surface area contributed by atoms with Crippen LogP contribution in [0.15, 0.2) is 34.5 Å². The Balaban J connectivity index is 1.92. The molecule has 0 aliphatic carbocycles. The normalized spacial score (nSPS) is 17.8. The van der Waals surface area contributed by atoms with Gasteiger partial charge in [0, 0.05) is 0 Å². The van der Waals surface area contributed by atoms with Gasteiger partial charge in [-0.05, 0) is 36.8 Å². The highest BCUT2D eigenvalue weighted by atomic mass is 16.5. The summed E-state index contributed by atoms with van der Waals surface area (Å²) in [5.41, 5.74) is 5.51. The van der Waals surface area contributed by atoms with E-state index < -0.39 is 11.8 Å². The third kappa shape index (κ3) is 3.00. The molecule has 7 nitrogen and oxygen atoms in total. The average molecular weight is 274 g/mol. The molecule has 1 heterocycles. The predicted molar refractivity (Wildman–Crippen MR) is 73.5 cm³/mol. The van der Waals surface area contributed by atoms with Gasteiger partial charge in [-0.3, -0.25) is 9.59 Å². The van der Waals surface area contributed by atoms with Gasteiger partial charge < -0.3 is 4.74 Å². The van der Waals surface area contributed by atoms with Crippen LogP contribution in [0.5, 0.6) is 5.75 Å². The number of nitrogens with one attached hydrogen (secondary N) is 2. The summed E-state index contributed by atoms with van der Waals surface area (Å²) in [5.74, 6) is -0.619. The Morgan fingerprint density at radius 1 is 1.45 bits per heavy atom. The number of carbonyl (C=O) groups excluding carboxylic acids is 2. The standard InChI is InChI=1S/C13H14N4O3/c1-8-11(15-17-12(8)18)13(19)16-14-7-9-3-5-10(20-2)6-4-9/h3-8H,1-2H3,(H,16,19)(H,17,18). The first-order chi connectivity index (χ1) is 9.61. The van der Waals surface area contributed by atoms with Crippen molar-refractivity contribution in [1.82, 2.24) is 10.9 Å². The van der Waals surface area contributed by atoms with E-state index in [1.54, 1.807) is 38.3 Å². The maximum atomic E-state index is 11.7. The van der Waals surface area contributed by atoms with Gasteiger partial charge in [0.05, 0.1) is 19.2 Å². The van der Waals surface area contributed by atoms with Crippen LogP contribution >= 0.6 is 0 Å². The first kappa shape index (κ1) is 13.7. The summed E-state index contributed by atoms with van der Waals surface area (Å²) in [7, 11) is 1.59. The van der Waals surface area contributed by atoms with Gasteiger partial charge in [0.15, 0.2) is 0 Å². The second kappa shape index (κ2) is 5.96. The van der Waals surface area contributed by atoms with Gasteiger partial charge in [-0.25, -0.2) is 10.9 Å². The van der Waals surface area contributed by atoms with Crippen molar-refractivity contribution < 1.29 is 14.3 Å². The zero-order chi connectivity index (χ0) is 14.5. The van der Waals surface area contributed by atoms with E-state index in [1.165, 1.54) is 6.21 Å². The second-order valence-electron chi connectivity index (χ2n) is 4.17. The largest absolute Gasteiger partial charge is 0.497 e. The van der Waals surface area contributed by atoms with E-state index in [-0.39, 0.29) is 11.6 Å². The van der Waals surface area contributed by atoms with E-state index in [0.717, 1.165) is 11.3 Å². The molecule has 1 aromatic rings.